The van der Waals surface area contributed by atoms with E-state index in [1.807, 2.05) is 42.7 Å². The topological polar surface area (TPSA) is 84.6 Å². The molecule has 8 nitrogen and oxygen atoms in total. The Bertz CT molecular complexity index is 1200. The lowest BCUT2D eigenvalue weighted by molar-refractivity contribution is 0.0473. The summed E-state index contributed by atoms with van der Waals surface area (Å²) in [5, 5.41) is 4.26. The van der Waals surface area contributed by atoms with Crippen molar-refractivity contribution >= 4 is 23.4 Å². The van der Waals surface area contributed by atoms with Crippen LogP contribution in [0.25, 0.3) is 0 Å². The van der Waals surface area contributed by atoms with Gasteiger partial charge in [-0.15, -0.1) is 0 Å². The molecule has 32 heavy (non-hydrogen) atoms. The number of rotatable bonds is 6. The smallest absolute Gasteiger partial charge is 0.343 e. The quantitative estimate of drug-likeness (QED) is 0.414. The fourth-order valence-corrected chi connectivity index (χ4v) is 4.12. The summed E-state index contributed by atoms with van der Waals surface area (Å²) in [4.78, 5) is 25.2. The first kappa shape index (κ1) is 22.0. The number of benzene rings is 1. The van der Waals surface area contributed by atoms with Gasteiger partial charge in [0.1, 0.15) is 17.3 Å². The first-order chi connectivity index (χ1) is 15.3. The van der Waals surface area contributed by atoms with E-state index in [1.165, 1.54) is 4.68 Å². The lowest BCUT2D eigenvalue weighted by Crippen LogP contribution is -2.33. The number of fused-ring (bicyclic) bond motifs is 1. The number of para-hydroxylation sites is 2. The number of aryl methyl sites for hydroxylation is 3. The summed E-state index contributed by atoms with van der Waals surface area (Å²) in [7, 11) is 1.63. The fourth-order valence-electron chi connectivity index (χ4n) is 3.86. The van der Waals surface area contributed by atoms with Crippen LogP contribution in [0.1, 0.15) is 37.8 Å². The van der Waals surface area contributed by atoms with Gasteiger partial charge in [-0.2, -0.15) is 5.10 Å². The van der Waals surface area contributed by atoms with Gasteiger partial charge in [-0.05, 0) is 39.0 Å². The van der Waals surface area contributed by atoms with Crippen LogP contribution in [0.2, 0.25) is 5.15 Å². The van der Waals surface area contributed by atoms with Gasteiger partial charge in [0.15, 0.2) is 24.2 Å². The van der Waals surface area contributed by atoms with Crippen molar-refractivity contribution in [2.75, 3.05) is 13.2 Å². The molecular weight excluding hydrogens is 434 g/mol. The molecule has 1 atom stereocenters. The van der Waals surface area contributed by atoms with Crippen molar-refractivity contribution in [2.24, 2.45) is 7.05 Å². The highest BCUT2D eigenvalue weighted by molar-refractivity contribution is 6.32. The highest BCUT2D eigenvalue weighted by Crippen LogP contribution is 2.31. The van der Waals surface area contributed by atoms with Gasteiger partial charge in [-0.1, -0.05) is 23.7 Å². The number of Topliss-reactive ketones (excluding diaryl/α,β-unsaturated/α-hetero) is 1. The molecule has 0 bridgehead atoms. The maximum atomic E-state index is 12.8. The van der Waals surface area contributed by atoms with E-state index in [-0.39, 0.29) is 29.2 Å². The van der Waals surface area contributed by atoms with Crippen molar-refractivity contribution in [1.29, 1.82) is 0 Å². The van der Waals surface area contributed by atoms with Gasteiger partial charge in [0.2, 0.25) is 5.78 Å². The Morgan fingerprint density at radius 1 is 1.22 bits per heavy atom. The molecule has 3 aromatic rings. The van der Waals surface area contributed by atoms with Crippen molar-refractivity contribution in [3.05, 3.63) is 63.7 Å². The third-order valence-electron chi connectivity index (χ3n) is 5.52. The van der Waals surface area contributed by atoms with E-state index in [0.29, 0.717) is 30.2 Å². The van der Waals surface area contributed by atoms with E-state index in [1.54, 1.807) is 20.0 Å². The lowest BCUT2D eigenvalue weighted by atomic mass is 10.1. The lowest BCUT2D eigenvalue weighted by Gasteiger charge is -2.27. The van der Waals surface area contributed by atoms with E-state index < -0.39 is 5.97 Å². The molecule has 0 aliphatic carbocycles. The van der Waals surface area contributed by atoms with Crippen LogP contribution in [0, 0.1) is 20.8 Å². The molecular formula is C23H24ClN3O5. The standard InChI is InChI=1S/C23H24ClN3O5/c1-13-9-17(18(28)12-31-23(29)21-14(2)25-26(4)22(21)24)15(3)27(13)10-16-11-30-19-7-5-6-8-20(19)32-16/h5-9,16H,10-12H2,1-4H3. The minimum Gasteiger partial charge on any atom is -0.486 e. The number of hydrogen-bond donors (Lipinski definition) is 0. The van der Waals surface area contributed by atoms with Crippen LogP contribution in [0.5, 0.6) is 11.5 Å². The van der Waals surface area contributed by atoms with E-state index in [4.69, 9.17) is 25.8 Å². The summed E-state index contributed by atoms with van der Waals surface area (Å²) in [6, 6.07) is 9.34. The molecule has 2 aromatic heterocycles. The van der Waals surface area contributed by atoms with Gasteiger partial charge in [0.25, 0.3) is 0 Å². The molecule has 0 amide bonds. The summed E-state index contributed by atoms with van der Waals surface area (Å²) in [6.07, 6.45) is -0.189. The molecule has 1 aliphatic heterocycles. The molecule has 1 aromatic carbocycles. The zero-order valence-electron chi connectivity index (χ0n) is 18.3. The van der Waals surface area contributed by atoms with Crippen LogP contribution in [0.3, 0.4) is 0 Å². The molecule has 1 aliphatic rings. The average molecular weight is 458 g/mol. The summed E-state index contributed by atoms with van der Waals surface area (Å²) in [6.45, 7) is 6.01. The molecule has 0 N–H and O–H groups in total. The predicted molar refractivity (Wildman–Crippen MR) is 118 cm³/mol. The molecule has 9 heteroatoms. The zero-order valence-corrected chi connectivity index (χ0v) is 19.1. The average Bonchev–Trinajstić information content (AvgIpc) is 3.20. The van der Waals surface area contributed by atoms with Crippen LogP contribution < -0.4 is 9.47 Å². The number of esters is 1. The molecule has 1 unspecified atom stereocenters. The number of carbonyl (C=O) groups excluding carboxylic acids is 2. The number of hydrogen-bond acceptors (Lipinski definition) is 6. The van der Waals surface area contributed by atoms with Gasteiger partial charge in [0.05, 0.1) is 12.2 Å². The van der Waals surface area contributed by atoms with Crippen LogP contribution in [0.4, 0.5) is 0 Å². The van der Waals surface area contributed by atoms with Crippen LogP contribution in [-0.4, -0.2) is 45.4 Å². The third-order valence-corrected chi connectivity index (χ3v) is 5.95. The number of nitrogens with zero attached hydrogens (tertiary/aromatic N) is 3. The van der Waals surface area contributed by atoms with Gasteiger partial charge in [-0.25, -0.2) is 4.79 Å². The molecule has 0 fully saturated rings. The van der Waals surface area contributed by atoms with E-state index >= 15 is 0 Å². The highest BCUT2D eigenvalue weighted by Gasteiger charge is 2.25. The maximum Gasteiger partial charge on any atom is 0.343 e. The second-order valence-corrected chi connectivity index (χ2v) is 8.13. The Balaban J connectivity index is 1.43. The number of halogens is 1. The molecule has 0 saturated carbocycles. The van der Waals surface area contributed by atoms with Gasteiger partial charge in [-0.3, -0.25) is 9.48 Å². The first-order valence-corrected chi connectivity index (χ1v) is 10.6. The molecule has 168 valence electrons. The molecule has 0 saturated heterocycles. The van der Waals surface area contributed by atoms with Crippen molar-refractivity contribution in [3.8, 4) is 11.5 Å². The Morgan fingerprint density at radius 2 is 1.94 bits per heavy atom. The van der Waals surface area contributed by atoms with Crippen LogP contribution >= 0.6 is 11.6 Å². The highest BCUT2D eigenvalue weighted by atomic mass is 35.5. The van der Waals surface area contributed by atoms with E-state index in [2.05, 4.69) is 5.10 Å². The predicted octanol–water partition coefficient (Wildman–Crippen LogP) is 3.68. The van der Waals surface area contributed by atoms with Crippen molar-refractivity contribution < 1.29 is 23.8 Å². The van der Waals surface area contributed by atoms with Crippen molar-refractivity contribution in [3.63, 3.8) is 0 Å². The number of ether oxygens (including phenoxy) is 3. The number of ketones is 1. The normalized spacial score (nSPS) is 15.0. The SMILES string of the molecule is Cc1nn(C)c(Cl)c1C(=O)OCC(=O)c1cc(C)n(CC2COc3ccccc3O2)c1C. The van der Waals surface area contributed by atoms with Gasteiger partial charge < -0.3 is 18.8 Å². The fraction of sp³-hybridized carbons (Fsp3) is 0.348. The monoisotopic (exact) mass is 457 g/mol. The van der Waals surface area contributed by atoms with Gasteiger partial charge in [0, 0.05) is 24.0 Å². The number of aromatic nitrogens is 3. The molecule has 4 rings (SSSR count). The molecule has 0 spiro atoms. The first-order valence-electron chi connectivity index (χ1n) is 10.2. The zero-order chi connectivity index (χ0) is 23.0. The minimum absolute atomic E-state index is 0.169. The minimum atomic E-state index is -0.672. The molecule has 0 radical (unpaired) electrons. The summed E-state index contributed by atoms with van der Waals surface area (Å²) in [5.74, 6) is 0.473. The number of carbonyl (C=O) groups is 2. The molecule has 3 heterocycles. The van der Waals surface area contributed by atoms with Crippen LogP contribution in [0.15, 0.2) is 30.3 Å². The second kappa shape index (κ2) is 8.70. The van der Waals surface area contributed by atoms with Gasteiger partial charge >= 0.3 is 5.97 Å². The Morgan fingerprint density at radius 3 is 2.62 bits per heavy atom. The summed E-state index contributed by atoms with van der Waals surface area (Å²) >= 11 is 6.10. The largest absolute Gasteiger partial charge is 0.486 e. The van der Waals surface area contributed by atoms with Crippen molar-refractivity contribution in [1.82, 2.24) is 14.3 Å². The Hall–Kier alpha value is -3.26. The van der Waals surface area contributed by atoms with Crippen LogP contribution in [-0.2, 0) is 18.3 Å². The van der Waals surface area contributed by atoms with E-state index in [9.17, 15) is 9.59 Å². The third kappa shape index (κ3) is 4.10. The Kier molecular flexibility index (Phi) is 5.97. The second-order valence-electron chi connectivity index (χ2n) is 7.77. The summed E-state index contributed by atoms with van der Waals surface area (Å²) < 4.78 is 20.5. The maximum absolute atomic E-state index is 12.8. The Labute approximate surface area is 190 Å². The summed E-state index contributed by atoms with van der Waals surface area (Å²) in [5.41, 5.74) is 2.81. The van der Waals surface area contributed by atoms with E-state index in [0.717, 1.165) is 17.1 Å². The van der Waals surface area contributed by atoms with Crippen molar-refractivity contribution in [2.45, 2.75) is 33.4 Å².